The fraction of sp³-hybridized carbons (Fsp3) is 0.300. The van der Waals surface area contributed by atoms with Crippen molar-refractivity contribution in [3.05, 3.63) is 64.9 Å². The van der Waals surface area contributed by atoms with Crippen molar-refractivity contribution < 1.29 is 14.0 Å². The molecular formula is C20H21ClFN3O2. The van der Waals surface area contributed by atoms with E-state index in [0.717, 1.165) is 5.56 Å². The highest BCUT2D eigenvalue weighted by Crippen LogP contribution is 2.17. The highest BCUT2D eigenvalue weighted by atomic mass is 35.5. The Hall–Kier alpha value is -2.60. The van der Waals surface area contributed by atoms with Crippen molar-refractivity contribution in [1.82, 2.24) is 9.80 Å². The Labute approximate surface area is 162 Å². The molecule has 0 unspecified atom stereocenters. The van der Waals surface area contributed by atoms with Crippen molar-refractivity contribution in [1.29, 1.82) is 0 Å². The first-order valence-electron chi connectivity index (χ1n) is 8.85. The fourth-order valence-corrected chi connectivity index (χ4v) is 3.23. The normalized spacial score (nSPS) is 14.1. The molecule has 0 aliphatic carbocycles. The number of hydrogen-bond acceptors (Lipinski definition) is 2. The standard InChI is InChI=1S/C20H21ClFN3O2/c21-18-4-2-1-3-15(18)5-10-19(26)24-11-13-25(14-12-24)20(27)23-17-8-6-16(22)7-9-17/h1-4,6-9H,5,10-14H2,(H,23,27). The van der Waals surface area contributed by atoms with E-state index in [1.54, 1.807) is 9.80 Å². The van der Waals surface area contributed by atoms with Gasteiger partial charge in [0.15, 0.2) is 0 Å². The topological polar surface area (TPSA) is 52.7 Å². The number of halogens is 2. The van der Waals surface area contributed by atoms with Crippen LogP contribution in [-0.4, -0.2) is 47.9 Å². The molecule has 3 amide bonds. The Morgan fingerprint density at radius 2 is 1.59 bits per heavy atom. The number of benzene rings is 2. The third-order valence-corrected chi connectivity index (χ3v) is 4.95. The summed E-state index contributed by atoms with van der Waals surface area (Å²) in [5, 5.41) is 3.41. The minimum atomic E-state index is -0.350. The van der Waals surface area contributed by atoms with Crippen LogP contribution in [-0.2, 0) is 11.2 Å². The van der Waals surface area contributed by atoms with Gasteiger partial charge in [-0.05, 0) is 42.3 Å². The zero-order chi connectivity index (χ0) is 19.2. The third-order valence-electron chi connectivity index (χ3n) is 4.58. The lowest BCUT2D eigenvalue weighted by molar-refractivity contribution is -0.132. The van der Waals surface area contributed by atoms with Gasteiger partial charge in [-0.3, -0.25) is 4.79 Å². The first-order chi connectivity index (χ1) is 13.0. The van der Waals surface area contributed by atoms with Crippen LogP contribution in [0.5, 0.6) is 0 Å². The van der Waals surface area contributed by atoms with Crippen molar-refractivity contribution in [2.45, 2.75) is 12.8 Å². The molecule has 0 aromatic heterocycles. The maximum atomic E-state index is 12.9. The molecule has 1 fully saturated rings. The lowest BCUT2D eigenvalue weighted by Crippen LogP contribution is -2.51. The number of anilines is 1. The minimum absolute atomic E-state index is 0.0634. The number of rotatable bonds is 4. The van der Waals surface area contributed by atoms with Gasteiger partial charge in [-0.1, -0.05) is 29.8 Å². The van der Waals surface area contributed by atoms with Gasteiger partial charge in [-0.25, -0.2) is 9.18 Å². The van der Waals surface area contributed by atoms with Gasteiger partial charge in [-0.15, -0.1) is 0 Å². The number of piperazine rings is 1. The average molecular weight is 390 g/mol. The quantitative estimate of drug-likeness (QED) is 0.865. The summed E-state index contributed by atoms with van der Waals surface area (Å²) in [6.07, 6.45) is 0.995. The number of amides is 3. The van der Waals surface area contributed by atoms with Gasteiger partial charge >= 0.3 is 6.03 Å². The van der Waals surface area contributed by atoms with Gasteiger partial charge in [0.1, 0.15) is 5.82 Å². The van der Waals surface area contributed by atoms with Crippen LogP contribution in [0.4, 0.5) is 14.9 Å². The second kappa shape index (κ2) is 8.86. The van der Waals surface area contributed by atoms with Crippen LogP contribution in [0, 0.1) is 5.82 Å². The number of hydrogen-bond donors (Lipinski definition) is 1. The summed E-state index contributed by atoms with van der Waals surface area (Å²) in [7, 11) is 0. The highest BCUT2D eigenvalue weighted by Gasteiger charge is 2.24. The summed E-state index contributed by atoms with van der Waals surface area (Å²) in [6.45, 7) is 1.92. The highest BCUT2D eigenvalue weighted by molar-refractivity contribution is 6.31. The van der Waals surface area contributed by atoms with Gasteiger partial charge in [-0.2, -0.15) is 0 Å². The Morgan fingerprint density at radius 1 is 0.963 bits per heavy atom. The van der Waals surface area contributed by atoms with Crippen LogP contribution in [0.1, 0.15) is 12.0 Å². The van der Waals surface area contributed by atoms with Gasteiger partial charge < -0.3 is 15.1 Å². The molecule has 7 heteroatoms. The fourth-order valence-electron chi connectivity index (χ4n) is 3.00. The van der Waals surface area contributed by atoms with E-state index in [9.17, 15) is 14.0 Å². The number of nitrogens with zero attached hydrogens (tertiary/aromatic N) is 2. The van der Waals surface area contributed by atoms with E-state index >= 15 is 0 Å². The SMILES string of the molecule is O=C(CCc1ccccc1Cl)N1CCN(C(=O)Nc2ccc(F)cc2)CC1. The molecule has 1 aliphatic rings. The predicted octanol–water partition coefficient (Wildman–Crippen LogP) is 3.79. The molecule has 3 rings (SSSR count). The molecule has 0 bridgehead atoms. The van der Waals surface area contributed by atoms with Crippen LogP contribution in [0.15, 0.2) is 48.5 Å². The van der Waals surface area contributed by atoms with E-state index in [0.29, 0.717) is 49.7 Å². The van der Waals surface area contributed by atoms with Crippen LogP contribution in [0.3, 0.4) is 0 Å². The molecule has 1 N–H and O–H groups in total. The molecular weight excluding hydrogens is 369 g/mol. The number of urea groups is 1. The van der Waals surface area contributed by atoms with E-state index in [2.05, 4.69) is 5.32 Å². The van der Waals surface area contributed by atoms with E-state index in [1.165, 1.54) is 24.3 Å². The number of carbonyl (C=O) groups excluding carboxylic acids is 2. The Bertz CT molecular complexity index is 805. The van der Waals surface area contributed by atoms with E-state index in [1.807, 2.05) is 24.3 Å². The van der Waals surface area contributed by atoms with Crippen molar-refractivity contribution in [2.24, 2.45) is 0 Å². The van der Waals surface area contributed by atoms with Gasteiger partial charge in [0.25, 0.3) is 0 Å². The van der Waals surface area contributed by atoms with Gasteiger partial charge in [0.2, 0.25) is 5.91 Å². The average Bonchev–Trinajstić information content (AvgIpc) is 2.69. The molecule has 5 nitrogen and oxygen atoms in total. The molecule has 1 saturated heterocycles. The largest absolute Gasteiger partial charge is 0.339 e. The molecule has 0 saturated carbocycles. The number of aryl methyl sites for hydroxylation is 1. The molecule has 0 radical (unpaired) electrons. The third kappa shape index (κ3) is 5.20. The molecule has 2 aromatic rings. The van der Waals surface area contributed by atoms with Gasteiger partial charge in [0, 0.05) is 43.3 Å². The summed E-state index contributed by atoms with van der Waals surface area (Å²) >= 11 is 6.13. The Balaban J connectivity index is 1.45. The van der Waals surface area contributed by atoms with Crippen LogP contribution >= 0.6 is 11.6 Å². The number of carbonyl (C=O) groups is 2. The minimum Gasteiger partial charge on any atom is -0.339 e. The molecule has 1 aliphatic heterocycles. The Kier molecular flexibility index (Phi) is 6.29. The Morgan fingerprint density at radius 3 is 2.26 bits per heavy atom. The van der Waals surface area contributed by atoms with Crippen LogP contribution in [0.25, 0.3) is 0 Å². The molecule has 2 aromatic carbocycles. The smallest absolute Gasteiger partial charge is 0.321 e. The molecule has 27 heavy (non-hydrogen) atoms. The van der Waals surface area contributed by atoms with Crippen LogP contribution in [0.2, 0.25) is 5.02 Å². The summed E-state index contributed by atoms with van der Waals surface area (Å²) in [6, 6.07) is 12.9. The van der Waals surface area contributed by atoms with E-state index < -0.39 is 0 Å². The molecule has 1 heterocycles. The molecule has 0 spiro atoms. The summed E-state index contributed by atoms with van der Waals surface area (Å²) < 4.78 is 12.9. The summed E-state index contributed by atoms with van der Waals surface area (Å²) in [5.41, 5.74) is 1.50. The zero-order valence-electron chi connectivity index (χ0n) is 14.8. The maximum absolute atomic E-state index is 12.9. The lowest BCUT2D eigenvalue weighted by atomic mass is 10.1. The second-order valence-electron chi connectivity index (χ2n) is 6.40. The van der Waals surface area contributed by atoms with Crippen LogP contribution < -0.4 is 5.32 Å². The van der Waals surface area contributed by atoms with Gasteiger partial charge in [0.05, 0.1) is 0 Å². The maximum Gasteiger partial charge on any atom is 0.321 e. The zero-order valence-corrected chi connectivity index (χ0v) is 15.6. The van der Waals surface area contributed by atoms with Crippen molar-refractivity contribution in [3.63, 3.8) is 0 Å². The van der Waals surface area contributed by atoms with Crippen molar-refractivity contribution >= 4 is 29.2 Å². The monoisotopic (exact) mass is 389 g/mol. The summed E-state index contributed by atoms with van der Waals surface area (Å²) in [5.74, 6) is -0.287. The van der Waals surface area contributed by atoms with Crippen molar-refractivity contribution in [3.8, 4) is 0 Å². The van der Waals surface area contributed by atoms with E-state index in [-0.39, 0.29) is 17.8 Å². The molecule has 142 valence electrons. The van der Waals surface area contributed by atoms with E-state index in [4.69, 9.17) is 11.6 Å². The first kappa shape index (κ1) is 19.2. The number of nitrogens with one attached hydrogen (secondary N) is 1. The molecule has 0 atom stereocenters. The van der Waals surface area contributed by atoms with Crippen molar-refractivity contribution in [2.75, 3.05) is 31.5 Å². The second-order valence-corrected chi connectivity index (χ2v) is 6.80. The predicted molar refractivity (Wildman–Crippen MR) is 103 cm³/mol. The summed E-state index contributed by atoms with van der Waals surface area (Å²) in [4.78, 5) is 28.1. The first-order valence-corrected chi connectivity index (χ1v) is 9.23. The lowest BCUT2D eigenvalue weighted by Gasteiger charge is -2.34.